The summed E-state index contributed by atoms with van der Waals surface area (Å²) >= 11 is 0. The Kier molecular flexibility index (Phi) is 5.28. The highest BCUT2D eigenvalue weighted by molar-refractivity contribution is 5.79. The Hall–Kier alpha value is -1.62. The van der Waals surface area contributed by atoms with Crippen LogP contribution in [0.1, 0.15) is 12.0 Å². The molecule has 1 aromatic rings. The normalized spacial score (nSPS) is 12.0. The molecule has 3 N–H and O–H groups in total. The van der Waals surface area contributed by atoms with Crippen LogP contribution in [-0.4, -0.2) is 41.1 Å². The van der Waals surface area contributed by atoms with E-state index in [4.69, 9.17) is 10.9 Å². The van der Waals surface area contributed by atoms with Gasteiger partial charge in [0.2, 0.25) is 0 Å². The van der Waals surface area contributed by atoms with Crippen molar-refractivity contribution in [3.8, 4) is 0 Å². The lowest BCUT2D eigenvalue weighted by atomic mass is 10.2. The Morgan fingerprint density at radius 2 is 2.38 bits per heavy atom. The van der Waals surface area contributed by atoms with Crippen molar-refractivity contribution in [1.82, 2.24) is 9.88 Å². The van der Waals surface area contributed by atoms with E-state index >= 15 is 0 Å². The number of hydrogen-bond donors (Lipinski definition) is 2. The van der Waals surface area contributed by atoms with E-state index in [-0.39, 0.29) is 5.84 Å². The smallest absolute Gasteiger partial charge is 0.140 e. The van der Waals surface area contributed by atoms with Crippen molar-refractivity contribution in [3.05, 3.63) is 30.1 Å². The Morgan fingerprint density at radius 1 is 1.56 bits per heavy atom. The molecule has 5 heteroatoms. The number of aromatic nitrogens is 1. The summed E-state index contributed by atoms with van der Waals surface area (Å²) in [7, 11) is 2.01. The molecule has 1 heterocycles. The lowest BCUT2D eigenvalue weighted by Gasteiger charge is -2.15. The molecule has 0 saturated carbocycles. The highest BCUT2D eigenvalue weighted by atomic mass is 16.4. The van der Waals surface area contributed by atoms with Crippen LogP contribution in [0.15, 0.2) is 29.7 Å². The van der Waals surface area contributed by atoms with Gasteiger partial charge in [-0.1, -0.05) is 11.2 Å². The second kappa shape index (κ2) is 6.79. The highest BCUT2D eigenvalue weighted by Gasteiger charge is 2.01. The molecule has 1 aromatic heterocycles. The molecule has 16 heavy (non-hydrogen) atoms. The average Bonchev–Trinajstić information content (AvgIpc) is 2.34. The fourth-order valence-electron chi connectivity index (χ4n) is 1.33. The molecule has 0 unspecified atom stereocenters. The van der Waals surface area contributed by atoms with Gasteiger partial charge in [-0.25, -0.2) is 0 Å². The van der Waals surface area contributed by atoms with E-state index in [1.165, 1.54) is 5.56 Å². The van der Waals surface area contributed by atoms with Crippen molar-refractivity contribution in [2.24, 2.45) is 10.9 Å². The summed E-state index contributed by atoms with van der Waals surface area (Å²) in [4.78, 5) is 6.20. The fraction of sp³-hybridized carbons (Fsp3) is 0.455. The zero-order valence-corrected chi connectivity index (χ0v) is 9.50. The molecule has 0 aliphatic heterocycles. The molecule has 0 amide bonds. The summed E-state index contributed by atoms with van der Waals surface area (Å²) in [6.45, 7) is 1.72. The van der Waals surface area contributed by atoms with Gasteiger partial charge in [-0.3, -0.25) is 4.98 Å². The van der Waals surface area contributed by atoms with Gasteiger partial charge in [0.1, 0.15) is 5.84 Å². The molecule has 88 valence electrons. The molecule has 0 bridgehead atoms. The third-order valence-electron chi connectivity index (χ3n) is 2.38. The molecule has 0 radical (unpaired) electrons. The van der Waals surface area contributed by atoms with Crippen LogP contribution in [0.4, 0.5) is 0 Å². The van der Waals surface area contributed by atoms with Crippen LogP contribution in [0.25, 0.3) is 0 Å². The van der Waals surface area contributed by atoms with Crippen molar-refractivity contribution >= 4 is 5.84 Å². The van der Waals surface area contributed by atoms with Crippen LogP contribution in [0.3, 0.4) is 0 Å². The third kappa shape index (κ3) is 4.75. The minimum absolute atomic E-state index is 0.272. The number of oxime groups is 1. The Balaban J connectivity index is 2.23. The Bertz CT molecular complexity index is 326. The second-order valence-electron chi connectivity index (χ2n) is 3.76. The van der Waals surface area contributed by atoms with Crippen LogP contribution in [-0.2, 0) is 6.42 Å². The molecular weight excluding hydrogens is 204 g/mol. The second-order valence-corrected chi connectivity index (χ2v) is 3.76. The summed E-state index contributed by atoms with van der Waals surface area (Å²) in [5, 5.41) is 11.3. The quantitative estimate of drug-likeness (QED) is 0.321. The number of hydrogen-bond acceptors (Lipinski definition) is 4. The number of rotatable bonds is 6. The predicted octanol–water partition coefficient (Wildman–Crippen LogP) is 0.692. The van der Waals surface area contributed by atoms with Crippen molar-refractivity contribution in [2.45, 2.75) is 12.8 Å². The van der Waals surface area contributed by atoms with Gasteiger partial charge >= 0.3 is 0 Å². The lowest BCUT2D eigenvalue weighted by Crippen LogP contribution is -2.26. The zero-order chi connectivity index (χ0) is 11.8. The van der Waals surface area contributed by atoms with Gasteiger partial charge < -0.3 is 15.8 Å². The van der Waals surface area contributed by atoms with E-state index in [1.807, 2.05) is 19.3 Å². The summed E-state index contributed by atoms with van der Waals surface area (Å²) in [6, 6.07) is 4.00. The SMILES string of the molecule is CN(CCC(N)=NO)CCc1cccnc1. The highest BCUT2D eigenvalue weighted by Crippen LogP contribution is 1.98. The minimum atomic E-state index is 0.272. The van der Waals surface area contributed by atoms with Crippen LogP contribution in [0.2, 0.25) is 0 Å². The fourth-order valence-corrected chi connectivity index (χ4v) is 1.33. The molecule has 0 spiro atoms. The summed E-state index contributed by atoms with van der Waals surface area (Å²) in [6.07, 6.45) is 5.18. The Morgan fingerprint density at radius 3 is 3.00 bits per heavy atom. The average molecular weight is 222 g/mol. The van der Waals surface area contributed by atoms with Gasteiger partial charge in [0.25, 0.3) is 0 Å². The first-order chi connectivity index (χ1) is 7.72. The predicted molar refractivity (Wildman–Crippen MR) is 63.5 cm³/mol. The minimum Gasteiger partial charge on any atom is -0.409 e. The van der Waals surface area contributed by atoms with E-state index in [2.05, 4.69) is 21.1 Å². The maximum Gasteiger partial charge on any atom is 0.140 e. The van der Waals surface area contributed by atoms with Crippen LogP contribution < -0.4 is 5.73 Å². The first kappa shape index (κ1) is 12.4. The molecule has 0 saturated heterocycles. The van der Waals surface area contributed by atoms with E-state index in [0.29, 0.717) is 6.42 Å². The summed E-state index contributed by atoms with van der Waals surface area (Å²) in [5.41, 5.74) is 6.61. The number of likely N-dealkylation sites (N-methyl/N-ethyl adjacent to an activating group) is 1. The molecule has 0 atom stereocenters. The molecule has 0 aliphatic carbocycles. The monoisotopic (exact) mass is 222 g/mol. The standard InChI is InChI=1S/C11H18N4O/c1-15(8-5-11(12)14-16)7-4-10-3-2-6-13-9-10/h2-3,6,9,16H,4-5,7-8H2,1H3,(H2,12,14). The van der Waals surface area contributed by atoms with Gasteiger partial charge in [-0.15, -0.1) is 0 Å². The first-order valence-corrected chi connectivity index (χ1v) is 5.26. The van der Waals surface area contributed by atoms with Crippen LogP contribution in [0.5, 0.6) is 0 Å². The Labute approximate surface area is 95.6 Å². The number of nitrogens with two attached hydrogens (primary N) is 1. The van der Waals surface area contributed by atoms with Crippen molar-refractivity contribution in [1.29, 1.82) is 0 Å². The molecule has 0 aliphatic rings. The third-order valence-corrected chi connectivity index (χ3v) is 2.38. The number of pyridine rings is 1. The topological polar surface area (TPSA) is 74.7 Å². The first-order valence-electron chi connectivity index (χ1n) is 5.26. The molecule has 1 rings (SSSR count). The van der Waals surface area contributed by atoms with Crippen molar-refractivity contribution < 1.29 is 5.21 Å². The largest absolute Gasteiger partial charge is 0.409 e. The van der Waals surface area contributed by atoms with Gasteiger partial charge in [-0.05, 0) is 25.1 Å². The number of amidine groups is 1. The molecule has 0 fully saturated rings. The maximum absolute atomic E-state index is 8.39. The zero-order valence-electron chi connectivity index (χ0n) is 9.50. The van der Waals surface area contributed by atoms with Gasteiger partial charge in [0.05, 0.1) is 0 Å². The van der Waals surface area contributed by atoms with Gasteiger partial charge in [0.15, 0.2) is 0 Å². The maximum atomic E-state index is 8.39. The number of nitrogens with zero attached hydrogens (tertiary/aromatic N) is 3. The van der Waals surface area contributed by atoms with Gasteiger partial charge in [0, 0.05) is 31.9 Å². The molecule has 0 aromatic carbocycles. The van der Waals surface area contributed by atoms with E-state index < -0.39 is 0 Å². The summed E-state index contributed by atoms with van der Waals surface area (Å²) < 4.78 is 0. The van der Waals surface area contributed by atoms with Crippen LogP contribution in [0, 0.1) is 0 Å². The summed E-state index contributed by atoms with van der Waals surface area (Å²) in [5.74, 6) is 0.272. The van der Waals surface area contributed by atoms with Crippen molar-refractivity contribution in [2.75, 3.05) is 20.1 Å². The van der Waals surface area contributed by atoms with Crippen LogP contribution >= 0.6 is 0 Å². The van der Waals surface area contributed by atoms with Gasteiger partial charge in [-0.2, -0.15) is 0 Å². The molecule has 5 nitrogen and oxygen atoms in total. The van der Waals surface area contributed by atoms with E-state index in [0.717, 1.165) is 19.5 Å². The van der Waals surface area contributed by atoms with E-state index in [9.17, 15) is 0 Å². The lowest BCUT2D eigenvalue weighted by molar-refractivity contribution is 0.311. The molecular formula is C11H18N4O. The van der Waals surface area contributed by atoms with Crippen molar-refractivity contribution in [3.63, 3.8) is 0 Å². The van der Waals surface area contributed by atoms with E-state index in [1.54, 1.807) is 6.20 Å².